The fraction of sp³-hybridized carbons (Fsp3) is 0.571. The first-order valence-corrected chi connectivity index (χ1v) is 6.46. The normalized spacial score (nSPS) is 27.1. The van der Waals surface area contributed by atoms with Gasteiger partial charge in [0.05, 0.1) is 6.10 Å². The zero-order chi connectivity index (χ0) is 11.7. The Bertz CT molecular complexity index is 399. The SMILES string of the molecule is NC1CCc2cc(OCC3CCCO3)ccc21. The third-order valence-corrected chi connectivity index (χ3v) is 3.70. The van der Waals surface area contributed by atoms with Crippen LogP contribution in [-0.2, 0) is 11.2 Å². The van der Waals surface area contributed by atoms with Gasteiger partial charge in [0.15, 0.2) is 0 Å². The van der Waals surface area contributed by atoms with E-state index in [9.17, 15) is 0 Å². The van der Waals surface area contributed by atoms with Gasteiger partial charge in [-0.1, -0.05) is 6.07 Å². The van der Waals surface area contributed by atoms with Crippen molar-refractivity contribution in [2.45, 2.75) is 37.8 Å². The van der Waals surface area contributed by atoms with Gasteiger partial charge in [0.2, 0.25) is 0 Å². The number of fused-ring (bicyclic) bond motifs is 1. The van der Waals surface area contributed by atoms with Gasteiger partial charge in [0, 0.05) is 12.6 Å². The van der Waals surface area contributed by atoms with Crippen LogP contribution in [0.5, 0.6) is 5.75 Å². The van der Waals surface area contributed by atoms with Crippen LogP contribution in [0.2, 0.25) is 0 Å². The van der Waals surface area contributed by atoms with Crippen LogP contribution < -0.4 is 10.5 Å². The zero-order valence-corrected chi connectivity index (χ0v) is 10.0. The van der Waals surface area contributed by atoms with Crippen molar-refractivity contribution in [2.75, 3.05) is 13.2 Å². The van der Waals surface area contributed by atoms with Gasteiger partial charge in [0.1, 0.15) is 12.4 Å². The average Bonchev–Trinajstić information content (AvgIpc) is 2.97. The molecule has 0 aromatic heterocycles. The number of hydrogen-bond donors (Lipinski definition) is 1. The highest BCUT2D eigenvalue weighted by atomic mass is 16.5. The summed E-state index contributed by atoms with van der Waals surface area (Å²) in [6, 6.07) is 6.49. The first-order valence-electron chi connectivity index (χ1n) is 6.46. The van der Waals surface area contributed by atoms with Gasteiger partial charge in [-0.05, 0) is 48.9 Å². The standard InChI is InChI=1S/C14H19NO2/c15-14-6-3-10-8-11(4-5-13(10)14)17-9-12-2-1-7-16-12/h4-5,8,12,14H,1-3,6-7,9,15H2. The van der Waals surface area contributed by atoms with Crippen LogP contribution >= 0.6 is 0 Å². The fourth-order valence-electron chi connectivity index (χ4n) is 2.68. The molecular formula is C14H19NO2. The number of benzene rings is 1. The molecule has 1 aromatic carbocycles. The maximum absolute atomic E-state index is 6.01. The second-order valence-electron chi connectivity index (χ2n) is 4.95. The van der Waals surface area contributed by atoms with Crippen LogP contribution in [0.25, 0.3) is 0 Å². The Morgan fingerprint density at radius 1 is 1.35 bits per heavy atom. The molecule has 0 spiro atoms. The molecule has 92 valence electrons. The van der Waals surface area contributed by atoms with Gasteiger partial charge in [-0.15, -0.1) is 0 Å². The first-order chi connectivity index (χ1) is 8.33. The summed E-state index contributed by atoms with van der Waals surface area (Å²) in [4.78, 5) is 0. The van der Waals surface area contributed by atoms with E-state index in [1.165, 1.54) is 11.1 Å². The molecule has 3 nitrogen and oxygen atoms in total. The van der Waals surface area contributed by atoms with Gasteiger partial charge in [-0.2, -0.15) is 0 Å². The van der Waals surface area contributed by atoms with E-state index in [1.54, 1.807) is 0 Å². The van der Waals surface area contributed by atoms with Crippen molar-refractivity contribution in [2.24, 2.45) is 5.73 Å². The molecule has 3 heteroatoms. The van der Waals surface area contributed by atoms with E-state index < -0.39 is 0 Å². The average molecular weight is 233 g/mol. The largest absolute Gasteiger partial charge is 0.491 e. The molecule has 1 saturated heterocycles. The van der Waals surface area contributed by atoms with Gasteiger partial charge < -0.3 is 15.2 Å². The molecule has 2 aliphatic rings. The molecule has 1 fully saturated rings. The topological polar surface area (TPSA) is 44.5 Å². The fourth-order valence-corrected chi connectivity index (χ4v) is 2.68. The molecular weight excluding hydrogens is 214 g/mol. The minimum Gasteiger partial charge on any atom is -0.491 e. The molecule has 3 rings (SSSR count). The third-order valence-electron chi connectivity index (χ3n) is 3.70. The van der Waals surface area contributed by atoms with Crippen LogP contribution in [0.15, 0.2) is 18.2 Å². The molecule has 1 aliphatic carbocycles. The van der Waals surface area contributed by atoms with Crippen LogP contribution in [0.3, 0.4) is 0 Å². The van der Waals surface area contributed by atoms with E-state index in [0.717, 1.165) is 38.0 Å². The van der Waals surface area contributed by atoms with E-state index in [-0.39, 0.29) is 12.1 Å². The van der Waals surface area contributed by atoms with Crippen molar-refractivity contribution in [3.8, 4) is 5.75 Å². The molecule has 2 unspecified atom stereocenters. The molecule has 2 atom stereocenters. The van der Waals surface area contributed by atoms with E-state index in [1.807, 2.05) is 6.07 Å². The van der Waals surface area contributed by atoms with Crippen molar-refractivity contribution in [3.05, 3.63) is 29.3 Å². The molecule has 1 aliphatic heterocycles. The molecule has 0 bridgehead atoms. The number of ether oxygens (including phenoxy) is 2. The lowest BCUT2D eigenvalue weighted by atomic mass is 10.1. The van der Waals surface area contributed by atoms with E-state index in [0.29, 0.717) is 6.61 Å². The minimum absolute atomic E-state index is 0.220. The van der Waals surface area contributed by atoms with Crippen molar-refractivity contribution in [1.82, 2.24) is 0 Å². The monoisotopic (exact) mass is 233 g/mol. The molecule has 0 radical (unpaired) electrons. The summed E-state index contributed by atoms with van der Waals surface area (Å²) in [5, 5.41) is 0. The Morgan fingerprint density at radius 2 is 2.29 bits per heavy atom. The lowest BCUT2D eigenvalue weighted by molar-refractivity contribution is 0.0679. The predicted octanol–water partition coefficient (Wildman–Crippen LogP) is 2.19. The Labute approximate surface area is 102 Å². The van der Waals surface area contributed by atoms with Crippen molar-refractivity contribution in [3.63, 3.8) is 0 Å². The lowest BCUT2D eigenvalue weighted by Gasteiger charge is -2.12. The Balaban J connectivity index is 1.64. The van der Waals surface area contributed by atoms with E-state index >= 15 is 0 Å². The van der Waals surface area contributed by atoms with Gasteiger partial charge >= 0.3 is 0 Å². The molecule has 0 saturated carbocycles. The molecule has 2 N–H and O–H groups in total. The first kappa shape index (κ1) is 11.1. The zero-order valence-electron chi connectivity index (χ0n) is 10.0. The molecule has 0 amide bonds. The summed E-state index contributed by atoms with van der Waals surface area (Å²) in [5.74, 6) is 0.952. The quantitative estimate of drug-likeness (QED) is 0.870. The highest BCUT2D eigenvalue weighted by Crippen LogP contribution is 2.32. The lowest BCUT2D eigenvalue weighted by Crippen LogP contribution is -2.16. The van der Waals surface area contributed by atoms with Crippen LogP contribution in [0.1, 0.15) is 36.4 Å². The van der Waals surface area contributed by atoms with Crippen molar-refractivity contribution in [1.29, 1.82) is 0 Å². The molecule has 17 heavy (non-hydrogen) atoms. The molecule has 1 aromatic rings. The summed E-state index contributed by atoms with van der Waals surface area (Å²) in [6.45, 7) is 1.55. The van der Waals surface area contributed by atoms with Gasteiger partial charge in [-0.25, -0.2) is 0 Å². The summed E-state index contributed by atoms with van der Waals surface area (Å²) in [5.41, 5.74) is 8.65. The number of aryl methyl sites for hydroxylation is 1. The predicted molar refractivity (Wildman–Crippen MR) is 66.2 cm³/mol. The summed E-state index contributed by atoms with van der Waals surface area (Å²) >= 11 is 0. The summed E-state index contributed by atoms with van der Waals surface area (Å²) in [6.07, 6.45) is 4.70. The third kappa shape index (κ3) is 2.31. The molecule has 1 heterocycles. The van der Waals surface area contributed by atoms with E-state index in [4.69, 9.17) is 15.2 Å². The van der Waals surface area contributed by atoms with Gasteiger partial charge in [-0.3, -0.25) is 0 Å². The summed E-state index contributed by atoms with van der Waals surface area (Å²) in [7, 11) is 0. The number of nitrogens with two attached hydrogens (primary N) is 1. The number of hydrogen-bond acceptors (Lipinski definition) is 3. The summed E-state index contributed by atoms with van der Waals surface area (Å²) < 4.78 is 11.3. The van der Waals surface area contributed by atoms with Crippen LogP contribution in [0.4, 0.5) is 0 Å². The second-order valence-corrected chi connectivity index (χ2v) is 4.95. The van der Waals surface area contributed by atoms with Crippen LogP contribution in [0, 0.1) is 0 Å². The smallest absolute Gasteiger partial charge is 0.119 e. The van der Waals surface area contributed by atoms with Crippen molar-refractivity contribution < 1.29 is 9.47 Å². The maximum atomic E-state index is 6.01. The van der Waals surface area contributed by atoms with Gasteiger partial charge in [0.25, 0.3) is 0 Å². The van der Waals surface area contributed by atoms with E-state index in [2.05, 4.69) is 12.1 Å². The number of rotatable bonds is 3. The Morgan fingerprint density at radius 3 is 3.12 bits per heavy atom. The van der Waals surface area contributed by atoms with Crippen molar-refractivity contribution >= 4 is 0 Å². The highest BCUT2D eigenvalue weighted by Gasteiger charge is 2.20. The Hall–Kier alpha value is -1.06. The van der Waals surface area contributed by atoms with Crippen LogP contribution in [-0.4, -0.2) is 19.3 Å². The highest BCUT2D eigenvalue weighted by molar-refractivity contribution is 5.40. The minimum atomic E-state index is 0.220. The maximum Gasteiger partial charge on any atom is 0.119 e. The second kappa shape index (κ2) is 4.67. The Kier molecular flexibility index (Phi) is 3.04.